The number of aromatic nitrogens is 2. The Kier molecular flexibility index (Phi) is 12.0. The molecule has 0 bridgehead atoms. The predicted molar refractivity (Wildman–Crippen MR) is 206 cm³/mol. The van der Waals surface area contributed by atoms with Crippen LogP contribution in [0.2, 0.25) is 0 Å². The Hall–Kier alpha value is -5.03. The zero-order valence-corrected chi connectivity index (χ0v) is 32.9. The van der Waals surface area contributed by atoms with Gasteiger partial charge in [-0.3, -0.25) is 19.9 Å². The summed E-state index contributed by atoms with van der Waals surface area (Å²) in [5, 5.41) is 5.20. The largest absolute Gasteiger partial charge is 0.489 e. The molecule has 0 unspecified atom stereocenters. The van der Waals surface area contributed by atoms with E-state index in [1.54, 1.807) is 35.1 Å². The molecule has 13 nitrogen and oxygen atoms in total. The van der Waals surface area contributed by atoms with Gasteiger partial charge in [-0.15, -0.1) is 0 Å². The smallest absolute Gasteiger partial charge is 0.417 e. The average molecular weight is 844 g/mol. The summed E-state index contributed by atoms with van der Waals surface area (Å²) in [4.78, 5) is 63.3. The first-order chi connectivity index (χ1) is 26.5. The quantitative estimate of drug-likeness (QED) is 0.122. The van der Waals surface area contributed by atoms with Crippen molar-refractivity contribution < 1.29 is 41.4 Å². The second kappa shape index (κ2) is 16.6. The van der Waals surface area contributed by atoms with Crippen LogP contribution in [0.15, 0.2) is 56.4 Å². The standard InChI is InChI=1S/C39H42BrF3N6O7/c1-22-13-32(29(16-28(22)40)46-37(53)47-33-19-44-23(2)18-45-33)55-21-25-20-48(11-12-54-25)34(50)7-5-6-8-35(51)49-30-17-31-26(14-24(30)9-10-38(49,3)4)27(39(41,42)43)15-36(52)56-31/h13-19,25H,5-12,20-21H2,1-4H3,(H2,45,46,47,53)/t25-/m0/s1. The molecule has 1 fully saturated rings. The number of hydrogen-bond donors (Lipinski definition) is 2. The number of halogens is 4. The van der Waals surface area contributed by atoms with Gasteiger partial charge in [0.05, 0.1) is 48.2 Å². The Morgan fingerprint density at radius 1 is 1.02 bits per heavy atom. The lowest BCUT2D eigenvalue weighted by atomic mass is 9.85. The molecule has 2 aromatic heterocycles. The summed E-state index contributed by atoms with van der Waals surface area (Å²) in [5.74, 6) is 0.370. The SMILES string of the molecule is Cc1cnc(NC(=O)Nc2cc(Br)c(C)cc2OC[C@@H]2CN(C(=O)CCCCC(=O)N3c4cc5oc(=O)cc(C(F)(F)F)c5cc4CCC3(C)C)CCO2)cn1. The Labute approximate surface area is 329 Å². The number of ether oxygens (including phenoxy) is 2. The van der Waals surface area contributed by atoms with Crippen LogP contribution in [0, 0.1) is 13.8 Å². The number of rotatable bonds is 10. The molecule has 0 spiro atoms. The molecular weight excluding hydrogens is 801 g/mol. The number of morpholine rings is 1. The van der Waals surface area contributed by atoms with Crippen LogP contribution in [0.25, 0.3) is 11.0 Å². The molecular formula is C39H42BrF3N6O7. The fraction of sp³-hybridized carbons (Fsp3) is 0.436. The van der Waals surface area contributed by atoms with Crippen molar-refractivity contribution in [2.24, 2.45) is 0 Å². The third-order valence-corrected chi connectivity index (χ3v) is 10.7. The molecule has 56 heavy (non-hydrogen) atoms. The second-order valence-corrected chi connectivity index (χ2v) is 15.4. The summed E-state index contributed by atoms with van der Waals surface area (Å²) in [6, 6.07) is 6.15. The minimum absolute atomic E-state index is 0.0888. The predicted octanol–water partition coefficient (Wildman–Crippen LogP) is 7.55. The van der Waals surface area contributed by atoms with Gasteiger partial charge in [-0.2, -0.15) is 13.2 Å². The Morgan fingerprint density at radius 2 is 1.77 bits per heavy atom. The van der Waals surface area contributed by atoms with Gasteiger partial charge in [0, 0.05) is 46.9 Å². The zero-order chi connectivity index (χ0) is 40.4. The van der Waals surface area contributed by atoms with E-state index in [-0.39, 0.29) is 48.0 Å². The van der Waals surface area contributed by atoms with Crippen LogP contribution in [-0.4, -0.2) is 70.7 Å². The lowest BCUT2D eigenvalue weighted by molar-refractivity contribution is -0.140. The highest BCUT2D eigenvalue weighted by molar-refractivity contribution is 9.10. The molecule has 2 aliphatic rings. The minimum Gasteiger partial charge on any atom is -0.489 e. The fourth-order valence-electron chi connectivity index (χ4n) is 6.89. The summed E-state index contributed by atoms with van der Waals surface area (Å²) in [6.07, 6.45) is -0.0576. The number of nitrogens with zero attached hydrogens (tertiary/aromatic N) is 4. The highest BCUT2D eigenvalue weighted by atomic mass is 79.9. The van der Waals surface area contributed by atoms with Gasteiger partial charge in [0.1, 0.15) is 24.0 Å². The van der Waals surface area contributed by atoms with Crippen molar-refractivity contribution in [1.29, 1.82) is 0 Å². The number of anilines is 3. The third-order valence-electron chi connectivity index (χ3n) is 9.83. The molecule has 4 amide bonds. The van der Waals surface area contributed by atoms with Crippen LogP contribution in [-0.2, 0) is 26.9 Å². The van der Waals surface area contributed by atoms with Gasteiger partial charge in [-0.25, -0.2) is 14.6 Å². The lowest BCUT2D eigenvalue weighted by Crippen LogP contribution is -2.51. The summed E-state index contributed by atoms with van der Waals surface area (Å²) >= 11 is 3.50. The van der Waals surface area contributed by atoms with Gasteiger partial charge >= 0.3 is 17.8 Å². The minimum atomic E-state index is -4.75. The number of hydrogen-bond acceptors (Lipinski definition) is 9. The maximum absolute atomic E-state index is 13.8. The van der Waals surface area contributed by atoms with Gasteiger partial charge in [0.2, 0.25) is 11.8 Å². The van der Waals surface area contributed by atoms with Gasteiger partial charge in [-0.1, -0.05) is 15.9 Å². The first-order valence-corrected chi connectivity index (χ1v) is 19.0. The number of carbonyl (C=O) groups is 3. The number of fused-ring (bicyclic) bond motifs is 2. The molecule has 1 saturated heterocycles. The van der Waals surface area contributed by atoms with E-state index in [9.17, 15) is 32.3 Å². The number of amides is 4. The first kappa shape index (κ1) is 40.6. The normalized spacial score (nSPS) is 16.7. The van der Waals surface area contributed by atoms with E-state index in [2.05, 4.69) is 36.5 Å². The number of urea groups is 1. The van der Waals surface area contributed by atoms with Crippen LogP contribution in [0.5, 0.6) is 5.75 Å². The van der Waals surface area contributed by atoms with Gasteiger partial charge in [0.25, 0.3) is 0 Å². The van der Waals surface area contributed by atoms with Crippen LogP contribution in [0.1, 0.15) is 68.3 Å². The zero-order valence-electron chi connectivity index (χ0n) is 31.3. The monoisotopic (exact) mass is 842 g/mol. The molecule has 0 radical (unpaired) electrons. The molecule has 2 aliphatic heterocycles. The molecule has 298 valence electrons. The molecule has 4 heterocycles. The molecule has 6 rings (SSSR count). The maximum atomic E-state index is 13.8. The molecule has 2 N–H and O–H groups in total. The first-order valence-electron chi connectivity index (χ1n) is 18.2. The van der Waals surface area contributed by atoms with E-state index in [0.717, 1.165) is 10.0 Å². The molecule has 2 aromatic carbocycles. The van der Waals surface area contributed by atoms with Crippen molar-refractivity contribution in [2.75, 3.05) is 41.8 Å². The van der Waals surface area contributed by atoms with Gasteiger partial charge < -0.3 is 29.0 Å². The van der Waals surface area contributed by atoms with E-state index in [4.69, 9.17) is 13.9 Å². The van der Waals surface area contributed by atoms with Crippen molar-refractivity contribution in [3.05, 3.63) is 80.0 Å². The highest BCUT2D eigenvalue weighted by Crippen LogP contribution is 2.42. The topological polar surface area (TPSA) is 156 Å². The number of nitrogens with one attached hydrogen (secondary N) is 2. The van der Waals surface area contributed by atoms with E-state index < -0.39 is 35.0 Å². The van der Waals surface area contributed by atoms with Crippen molar-refractivity contribution in [2.45, 2.75) is 84.0 Å². The van der Waals surface area contributed by atoms with Crippen LogP contribution in [0.4, 0.5) is 35.2 Å². The molecule has 4 aromatic rings. The number of alkyl halides is 3. The molecule has 1 atom stereocenters. The van der Waals surface area contributed by atoms with Gasteiger partial charge in [-0.05, 0) is 82.7 Å². The average Bonchev–Trinajstić information content (AvgIpc) is 3.13. The van der Waals surface area contributed by atoms with Crippen molar-refractivity contribution in [1.82, 2.24) is 14.9 Å². The fourth-order valence-corrected chi connectivity index (χ4v) is 7.23. The summed E-state index contributed by atoms with van der Waals surface area (Å²) in [7, 11) is 0. The Morgan fingerprint density at radius 3 is 2.48 bits per heavy atom. The van der Waals surface area contributed by atoms with E-state index >= 15 is 0 Å². The maximum Gasteiger partial charge on any atom is 0.417 e. The molecule has 0 aliphatic carbocycles. The van der Waals surface area contributed by atoms with E-state index in [1.165, 1.54) is 18.3 Å². The molecule has 17 heteroatoms. The number of unbranched alkanes of at least 4 members (excludes halogenated alkanes) is 1. The van der Waals surface area contributed by atoms with Crippen LogP contribution < -0.4 is 25.9 Å². The van der Waals surface area contributed by atoms with E-state index in [1.807, 2.05) is 20.8 Å². The summed E-state index contributed by atoms with van der Waals surface area (Å²) < 4.78 is 59.2. The van der Waals surface area contributed by atoms with Gasteiger partial charge in [0.15, 0.2) is 5.82 Å². The highest BCUT2D eigenvalue weighted by Gasteiger charge is 2.39. The summed E-state index contributed by atoms with van der Waals surface area (Å²) in [5.41, 5.74) is -0.0996. The number of benzene rings is 2. The van der Waals surface area contributed by atoms with Crippen molar-refractivity contribution >= 4 is 61.9 Å². The van der Waals surface area contributed by atoms with E-state index in [0.29, 0.717) is 79.8 Å². The Bertz CT molecular complexity index is 2200. The third kappa shape index (κ3) is 9.49. The van der Waals surface area contributed by atoms with Crippen molar-refractivity contribution in [3.8, 4) is 5.75 Å². The summed E-state index contributed by atoms with van der Waals surface area (Å²) in [6.45, 7) is 8.57. The van der Waals surface area contributed by atoms with Crippen LogP contribution in [0.3, 0.4) is 0 Å². The van der Waals surface area contributed by atoms with Crippen molar-refractivity contribution in [3.63, 3.8) is 0 Å². The number of carbonyl (C=O) groups excluding carboxylic acids is 3. The molecule has 0 saturated carbocycles. The second-order valence-electron chi connectivity index (χ2n) is 14.6. The lowest BCUT2D eigenvalue weighted by Gasteiger charge is -2.43. The Balaban J connectivity index is 1.02. The number of aryl methyl sites for hydroxylation is 3. The van der Waals surface area contributed by atoms with Crippen LogP contribution >= 0.6 is 15.9 Å².